The van der Waals surface area contributed by atoms with Gasteiger partial charge in [0.05, 0.1) is 10.4 Å². The van der Waals surface area contributed by atoms with Gasteiger partial charge in [0.15, 0.2) is 0 Å². The molecule has 0 bridgehead atoms. The van der Waals surface area contributed by atoms with Crippen LogP contribution < -0.4 is 4.90 Å². The van der Waals surface area contributed by atoms with Gasteiger partial charge in [-0.05, 0) is 51.7 Å². The number of thiophene rings is 2. The number of fused-ring (bicyclic) bond motifs is 8. The van der Waals surface area contributed by atoms with Crippen LogP contribution in [0.3, 0.4) is 0 Å². The maximum atomic E-state index is 2.53. The van der Waals surface area contributed by atoms with Crippen molar-refractivity contribution in [3.63, 3.8) is 0 Å². The van der Waals surface area contributed by atoms with Crippen molar-refractivity contribution in [2.75, 3.05) is 4.90 Å². The second-order valence-corrected chi connectivity index (χ2v) is 13.4. The van der Waals surface area contributed by atoms with Crippen molar-refractivity contribution in [2.24, 2.45) is 0 Å². The van der Waals surface area contributed by atoms with Gasteiger partial charge in [-0.3, -0.25) is 0 Å². The van der Waals surface area contributed by atoms with Crippen molar-refractivity contribution >= 4 is 85.2 Å². The van der Waals surface area contributed by atoms with Crippen LogP contribution in [0.25, 0.3) is 62.2 Å². The van der Waals surface area contributed by atoms with Crippen LogP contribution in [0.15, 0.2) is 152 Å². The molecule has 7 aromatic carbocycles. The van der Waals surface area contributed by atoms with Crippen molar-refractivity contribution in [2.45, 2.75) is 6.54 Å². The van der Waals surface area contributed by atoms with Crippen molar-refractivity contribution in [3.05, 3.63) is 157 Å². The largest absolute Gasteiger partial charge is 0.336 e. The van der Waals surface area contributed by atoms with Crippen LogP contribution in [0.4, 0.5) is 11.4 Å². The fraction of sp³-hybridized carbons (Fsp3) is 0.0244. The molecule has 9 aromatic rings. The zero-order chi connectivity index (χ0) is 29.0. The number of rotatable bonds is 5. The molecule has 0 atom stereocenters. The van der Waals surface area contributed by atoms with E-state index in [0.29, 0.717) is 0 Å². The number of anilines is 2. The van der Waals surface area contributed by atoms with E-state index in [1.165, 1.54) is 79.2 Å². The Balaban J connectivity index is 1.28. The summed E-state index contributed by atoms with van der Waals surface area (Å²) in [6, 6.07) is 55.5. The van der Waals surface area contributed by atoms with E-state index in [0.717, 1.165) is 6.54 Å². The highest BCUT2D eigenvalue weighted by Crippen LogP contribution is 2.46. The zero-order valence-corrected chi connectivity index (χ0v) is 25.5. The number of benzene rings is 7. The fourth-order valence-electron chi connectivity index (χ4n) is 6.65. The van der Waals surface area contributed by atoms with Gasteiger partial charge < -0.3 is 4.90 Å². The van der Waals surface area contributed by atoms with E-state index in [9.17, 15) is 0 Å². The lowest BCUT2D eigenvalue weighted by atomic mass is 9.99. The van der Waals surface area contributed by atoms with Crippen LogP contribution in [0.5, 0.6) is 0 Å². The van der Waals surface area contributed by atoms with Gasteiger partial charge in [0, 0.05) is 47.9 Å². The van der Waals surface area contributed by atoms with Gasteiger partial charge >= 0.3 is 0 Å². The lowest BCUT2D eigenvalue weighted by Crippen LogP contribution is -2.17. The summed E-state index contributed by atoms with van der Waals surface area (Å²) >= 11 is 3.80. The Morgan fingerprint density at radius 1 is 0.455 bits per heavy atom. The van der Waals surface area contributed by atoms with Crippen molar-refractivity contribution < 1.29 is 0 Å². The third-order valence-electron chi connectivity index (χ3n) is 8.76. The summed E-state index contributed by atoms with van der Waals surface area (Å²) in [6.07, 6.45) is 0. The summed E-state index contributed by atoms with van der Waals surface area (Å²) in [5.41, 5.74) is 6.28. The molecule has 44 heavy (non-hydrogen) atoms. The monoisotopic (exact) mass is 597 g/mol. The minimum atomic E-state index is 0.759. The molecule has 0 N–H and O–H groups in total. The molecule has 1 nitrogen and oxygen atoms in total. The molecule has 0 aliphatic heterocycles. The normalized spacial score (nSPS) is 11.7. The zero-order valence-electron chi connectivity index (χ0n) is 23.9. The van der Waals surface area contributed by atoms with E-state index in [1.54, 1.807) is 0 Å². The summed E-state index contributed by atoms with van der Waals surface area (Å²) in [5.74, 6) is 0. The van der Waals surface area contributed by atoms with Crippen LogP contribution in [0, 0.1) is 0 Å². The highest BCUT2D eigenvalue weighted by molar-refractivity contribution is 7.27. The first kappa shape index (κ1) is 25.5. The van der Waals surface area contributed by atoms with Gasteiger partial charge in [0.1, 0.15) is 0 Å². The summed E-state index contributed by atoms with van der Waals surface area (Å²) < 4.78 is 5.33. The molecular weight excluding hydrogens is 571 g/mol. The SMILES string of the molecule is c1ccc(-c2ccccc2CN(c2ccc3c(c2)sc2ccccc23)c2cccc3c2sc2c4ccccc4ccc32)cc1. The second kappa shape index (κ2) is 10.3. The third kappa shape index (κ3) is 4.12. The Morgan fingerprint density at radius 2 is 1.16 bits per heavy atom. The van der Waals surface area contributed by atoms with E-state index in [2.05, 4.69) is 157 Å². The first-order chi connectivity index (χ1) is 21.8. The van der Waals surface area contributed by atoms with Gasteiger partial charge in [-0.2, -0.15) is 0 Å². The maximum absolute atomic E-state index is 2.53. The van der Waals surface area contributed by atoms with Gasteiger partial charge in [-0.1, -0.05) is 127 Å². The van der Waals surface area contributed by atoms with Crippen LogP contribution in [-0.2, 0) is 6.54 Å². The van der Waals surface area contributed by atoms with Crippen LogP contribution in [-0.4, -0.2) is 0 Å². The van der Waals surface area contributed by atoms with E-state index in [1.807, 2.05) is 22.7 Å². The van der Waals surface area contributed by atoms with E-state index in [4.69, 9.17) is 0 Å². The molecule has 0 saturated heterocycles. The average Bonchev–Trinajstić information content (AvgIpc) is 3.66. The second-order valence-electron chi connectivity index (χ2n) is 11.3. The number of hydrogen-bond donors (Lipinski definition) is 0. The number of hydrogen-bond acceptors (Lipinski definition) is 3. The summed E-state index contributed by atoms with van der Waals surface area (Å²) in [4.78, 5) is 2.53. The Kier molecular flexibility index (Phi) is 6.00. The molecular formula is C41H27NS2. The molecule has 0 fully saturated rings. The van der Waals surface area contributed by atoms with E-state index < -0.39 is 0 Å². The molecule has 0 spiro atoms. The van der Waals surface area contributed by atoms with E-state index in [-0.39, 0.29) is 0 Å². The summed E-state index contributed by atoms with van der Waals surface area (Å²) in [5, 5.41) is 7.92. The average molecular weight is 598 g/mol. The molecule has 0 aliphatic rings. The smallest absolute Gasteiger partial charge is 0.0595 e. The lowest BCUT2D eigenvalue weighted by Gasteiger charge is -2.27. The lowest BCUT2D eigenvalue weighted by molar-refractivity contribution is 0.985. The molecule has 0 amide bonds. The van der Waals surface area contributed by atoms with E-state index >= 15 is 0 Å². The highest BCUT2D eigenvalue weighted by Gasteiger charge is 2.20. The van der Waals surface area contributed by atoms with Crippen LogP contribution >= 0.6 is 22.7 Å². The molecule has 0 aliphatic carbocycles. The summed E-state index contributed by atoms with van der Waals surface area (Å²) in [6.45, 7) is 0.759. The Morgan fingerprint density at radius 3 is 2.09 bits per heavy atom. The Hall–Kier alpha value is -4.96. The quantitative estimate of drug-likeness (QED) is 0.191. The first-order valence-electron chi connectivity index (χ1n) is 15.0. The predicted octanol–water partition coefficient (Wildman–Crippen LogP) is 12.6. The third-order valence-corrected chi connectivity index (χ3v) is 11.2. The fourth-order valence-corrected chi connectivity index (χ4v) is 9.15. The predicted molar refractivity (Wildman–Crippen MR) is 194 cm³/mol. The highest BCUT2D eigenvalue weighted by atomic mass is 32.1. The molecule has 0 unspecified atom stereocenters. The topological polar surface area (TPSA) is 3.24 Å². The number of nitrogens with zero attached hydrogens (tertiary/aromatic N) is 1. The molecule has 9 rings (SSSR count). The first-order valence-corrected chi connectivity index (χ1v) is 16.6. The van der Waals surface area contributed by atoms with Gasteiger partial charge in [-0.25, -0.2) is 0 Å². The maximum Gasteiger partial charge on any atom is 0.0595 e. The molecule has 0 radical (unpaired) electrons. The van der Waals surface area contributed by atoms with Crippen molar-refractivity contribution in [3.8, 4) is 11.1 Å². The van der Waals surface area contributed by atoms with Crippen molar-refractivity contribution in [1.29, 1.82) is 0 Å². The van der Waals surface area contributed by atoms with Crippen molar-refractivity contribution in [1.82, 2.24) is 0 Å². The minimum Gasteiger partial charge on any atom is -0.336 e. The van der Waals surface area contributed by atoms with Gasteiger partial charge in [0.2, 0.25) is 0 Å². The minimum absolute atomic E-state index is 0.759. The molecule has 208 valence electrons. The molecule has 2 aromatic heterocycles. The Bertz CT molecular complexity index is 2490. The Labute approximate surface area is 263 Å². The molecule has 0 saturated carbocycles. The standard InChI is InChI=1S/C41H27NS2/c1-2-11-27(12-3-1)31-15-6-5-14-29(31)26-42(30-22-24-34-33-17-8-9-20-38(33)43-39(34)25-30)37-19-10-18-35-36-23-21-28-13-4-7-16-32(28)40(36)44-41(35)37/h1-25H,26H2. The molecule has 2 heterocycles. The van der Waals surface area contributed by atoms with Gasteiger partial charge in [-0.15, -0.1) is 22.7 Å². The van der Waals surface area contributed by atoms with Gasteiger partial charge in [0.25, 0.3) is 0 Å². The van der Waals surface area contributed by atoms with Crippen LogP contribution in [0.2, 0.25) is 0 Å². The molecule has 3 heteroatoms. The summed E-state index contributed by atoms with van der Waals surface area (Å²) in [7, 11) is 0. The van der Waals surface area contributed by atoms with Crippen LogP contribution in [0.1, 0.15) is 5.56 Å².